The minimum atomic E-state index is -4.05. The van der Waals surface area contributed by atoms with Crippen molar-refractivity contribution in [3.05, 3.63) is 53.8 Å². The van der Waals surface area contributed by atoms with Crippen molar-refractivity contribution in [3.8, 4) is 17.6 Å². The van der Waals surface area contributed by atoms with E-state index < -0.39 is 50.5 Å². The van der Waals surface area contributed by atoms with Crippen LogP contribution in [0, 0.1) is 23.6 Å². The zero-order valence-electron chi connectivity index (χ0n) is 22.1. The molecule has 0 amide bonds. The minimum absolute atomic E-state index is 0.00753. The number of sulfonamides is 2. The molecule has 0 aliphatic carbocycles. The zero-order valence-corrected chi connectivity index (χ0v) is 23.8. The lowest BCUT2D eigenvalue weighted by molar-refractivity contribution is 0.0904. The van der Waals surface area contributed by atoms with Crippen molar-refractivity contribution in [2.45, 2.75) is 35.8 Å². The second-order valence-electron chi connectivity index (χ2n) is 9.68. The first kappa shape index (κ1) is 30.0. The molecule has 208 valence electrons. The molecule has 0 aromatic heterocycles. The van der Waals surface area contributed by atoms with E-state index in [9.17, 15) is 26.3 Å². The van der Waals surface area contributed by atoms with Crippen LogP contribution in [0.4, 0.5) is 4.39 Å². The predicted molar refractivity (Wildman–Crippen MR) is 142 cm³/mol. The standard InChI is InChI=1S/C26H34FN3O6S2/c1-19-16-30(20(2)18-31)38(34,35)26-12-11-21(8-7-13-28(3)4)14-24(26)36-25(19)17-29(5)37(32,33)23-10-6-9-22(27)15-23/h6,9-12,14-15,19-20,25,31H,13,16-18H2,1-5H3/t19-,20+,25-/m1/s1. The van der Waals surface area contributed by atoms with Crippen LogP contribution in [0.1, 0.15) is 19.4 Å². The summed E-state index contributed by atoms with van der Waals surface area (Å²) in [5.41, 5.74) is 0.537. The number of hydrogen-bond donors (Lipinski definition) is 1. The van der Waals surface area contributed by atoms with Gasteiger partial charge in [0.15, 0.2) is 0 Å². The molecule has 9 nitrogen and oxygen atoms in total. The molecule has 0 spiro atoms. The molecule has 1 aliphatic rings. The highest BCUT2D eigenvalue weighted by Gasteiger charge is 2.39. The lowest BCUT2D eigenvalue weighted by Gasteiger charge is -2.37. The average molecular weight is 568 g/mol. The molecule has 0 unspecified atom stereocenters. The Kier molecular flexibility index (Phi) is 9.57. The van der Waals surface area contributed by atoms with Gasteiger partial charge in [-0.25, -0.2) is 21.2 Å². The quantitative estimate of drug-likeness (QED) is 0.509. The molecule has 12 heteroatoms. The zero-order chi connectivity index (χ0) is 28.3. The van der Waals surface area contributed by atoms with Crippen LogP contribution in [0.3, 0.4) is 0 Å². The fraction of sp³-hybridized carbons (Fsp3) is 0.462. The van der Waals surface area contributed by atoms with Crippen LogP contribution in [-0.4, -0.2) is 95.0 Å². The van der Waals surface area contributed by atoms with Crippen LogP contribution in [0.15, 0.2) is 52.3 Å². The maximum absolute atomic E-state index is 13.7. The van der Waals surface area contributed by atoms with Gasteiger partial charge in [-0.05, 0) is 57.4 Å². The smallest absolute Gasteiger partial charge is 0.247 e. The van der Waals surface area contributed by atoms with Crippen molar-refractivity contribution in [1.82, 2.24) is 13.5 Å². The van der Waals surface area contributed by atoms with Crippen molar-refractivity contribution in [2.24, 2.45) is 5.92 Å². The number of halogens is 1. The predicted octanol–water partition coefficient (Wildman–Crippen LogP) is 1.83. The van der Waals surface area contributed by atoms with Crippen LogP contribution >= 0.6 is 0 Å². The number of rotatable bonds is 7. The Morgan fingerprint density at radius 2 is 1.92 bits per heavy atom. The summed E-state index contributed by atoms with van der Waals surface area (Å²) in [4.78, 5) is 1.60. The first-order valence-electron chi connectivity index (χ1n) is 12.1. The van der Waals surface area contributed by atoms with Gasteiger partial charge in [-0.3, -0.25) is 4.90 Å². The summed E-state index contributed by atoms with van der Waals surface area (Å²) in [6, 6.07) is 8.55. The summed E-state index contributed by atoms with van der Waals surface area (Å²) < 4.78 is 75.7. The largest absolute Gasteiger partial charge is 0.487 e. The summed E-state index contributed by atoms with van der Waals surface area (Å²) >= 11 is 0. The number of benzene rings is 2. The fourth-order valence-corrected chi connectivity index (χ4v) is 7.02. The molecule has 1 N–H and O–H groups in total. The SMILES string of the molecule is C[C@@H]1CN([C@@H](C)CO)S(=O)(=O)c2ccc(C#CCN(C)C)cc2O[C@@H]1CN(C)S(=O)(=O)c1cccc(F)c1. The van der Waals surface area contributed by atoms with Gasteiger partial charge < -0.3 is 9.84 Å². The summed E-state index contributed by atoms with van der Waals surface area (Å²) in [7, 11) is -2.98. The highest BCUT2D eigenvalue weighted by atomic mass is 32.2. The Morgan fingerprint density at radius 3 is 2.55 bits per heavy atom. The molecular formula is C26H34FN3O6S2. The van der Waals surface area contributed by atoms with Crippen LogP contribution in [0.25, 0.3) is 0 Å². The Balaban J connectivity index is 2.05. The lowest BCUT2D eigenvalue weighted by Crippen LogP contribution is -2.50. The summed E-state index contributed by atoms with van der Waals surface area (Å²) in [5.74, 6) is 4.89. The third kappa shape index (κ3) is 6.72. The second kappa shape index (κ2) is 12.1. The molecule has 2 aromatic rings. The van der Waals surface area contributed by atoms with Crippen molar-refractivity contribution in [3.63, 3.8) is 0 Å². The number of aliphatic hydroxyl groups excluding tert-OH is 1. The number of hydrogen-bond acceptors (Lipinski definition) is 7. The second-order valence-corrected chi connectivity index (χ2v) is 13.6. The minimum Gasteiger partial charge on any atom is -0.487 e. The number of likely N-dealkylation sites (N-methyl/N-ethyl adjacent to an activating group) is 1. The average Bonchev–Trinajstić information content (AvgIpc) is 2.85. The third-order valence-corrected chi connectivity index (χ3v) is 10.1. The maximum atomic E-state index is 13.7. The molecule has 0 fully saturated rings. The molecule has 1 aliphatic heterocycles. The molecule has 0 bridgehead atoms. The number of aliphatic hydroxyl groups is 1. The molecule has 0 saturated carbocycles. The molecule has 0 saturated heterocycles. The monoisotopic (exact) mass is 567 g/mol. The molecule has 1 heterocycles. The van der Waals surface area contributed by atoms with Gasteiger partial charge in [-0.15, -0.1) is 0 Å². The highest BCUT2D eigenvalue weighted by molar-refractivity contribution is 7.89. The topological polar surface area (TPSA) is 107 Å². The van der Waals surface area contributed by atoms with Crippen molar-refractivity contribution in [1.29, 1.82) is 0 Å². The van der Waals surface area contributed by atoms with Gasteiger partial charge in [0.1, 0.15) is 22.6 Å². The molecule has 0 radical (unpaired) electrons. The van der Waals surface area contributed by atoms with E-state index in [-0.39, 0.29) is 28.6 Å². The summed E-state index contributed by atoms with van der Waals surface area (Å²) in [5, 5.41) is 9.79. The molecule has 3 atom stereocenters. The van der Waals surface area contributed by atoms with E-state index in [0.29, 0.717) is 12.1 Å². The molecular weight excluding hydrogens is 533 g/mol. The first-order chi connectivity index (χ1) is 17.8. The van der Waals surface area contributed by atoms with Gasteiger partial charge in [0, 0.05) is 31.1 Å². The number of nitrogens with zero attached hydrogens (tertiary/aromatic N) is 3. The molecule has 2 aromatic carbocycles. The van der Waals surface area contributed by atoms with Crippen LogP contribution < -0.4 is 4.74 Å². The summed E-state index contributed by atoms with van der Waals surface area (Å²) in [6.45, 7) is 3.33. The summed E-state index contributed by atoms with van der Waals surface area (Å²) in [6.07, 6.45) is -0.768. The lowest BCUT2D eigenvalue weighted by atomic mass is 10.0. The normalized spacial score (nSPS) is 20.6. The van der Waals surface area contributed by atoms with E-state index in [0.717, 1.165) is 16.4 Å². The highest BCUT2D eigenvalue weighted by Crippen LogP contribution is 2.34. The van der Waals surface area contributed by atoms with E-state index >= 15 is 0 Å². The van der Waals surface area contributed by atoms with Crippen molar-refractivity contribution < 1.29 is 31.1 Å². The Hall–Kier alpha value is -2.53. The van der Waals surface area contributed by atoms with Crippen LogP contribution in [0.2, 0.25) is 0 Å². The first-order valence-corrected chi connectivity index (χ1v) is 14.9. The van der Waals surface area contributed by atoms with E-state index in [1.54, 1.807) is 19.9 Å². The fourth-order valence-electron chi connectivity index (χ4n) is 3.98. The van der Waals surface area contributed by atoms with Crippen molar-refractivity contribution >= 4 is 20.0 Å². The van der Waals surface area contributed by atoms with Crippen molar-refractivity contribution in [2.75, 3.05) is 47.4 Å². The van der Waals surface area contributed by atoms with Gasteiger partial charge >= 0.3 is 0 Å². The molecule has 38 heavy (non-hydrogen) atoms. The molecule has 3 rings (SSSR count). The van der Waals surface area contributed by atoms with Crippen LogP contribution in [0.5, 0.6) is 5.75 Å². The van der Waals surface area contributed by atoms with Gasteiger partial charge in [0.05, 0.1) is 24.6 Å². The van der Waals surface area contributed by atoms with E-state index in [1.807, 2.05) is 19.0 Å². The number of fused-ring (bicyclic) bond motifs is 1. The maximum Gasteiger partial charge on any atom is 0.247 e. The van der Waals surface area contributed by atoms with Gasteiger partial charge in [-0.1, -0.05) is 24.8 Å². The number of ether oxygens (including phenoxy) is 1. The van der Waals surface area contributed by atoms with Gasteiger partial charge in [0.25, 0.3) is 0 Å². The van der Waals surface area contributed by atoms with Gasteiger partial charge in [0.2, 0.25) is 20.0 Å². The Morgan fingerprint density at radius 1 is 1.21 bits per heavy atom. The van der Waals surface area contributed by atoms with E-state index in [4.69, 9.17) is 4.74 Å². The van der Waals surface area contributed by atoms with Gasteiger partial charge in [-0.2, -0.15) is 8.61 Å². The van der Waals surface area contributed by atoms with Crippen LogP contribution in [-0.2, 0) is 20.0 Å². The van der Waals surface area contributed by atoms with E-state index in [1.165, 1.54) is 35.6 Å². The third-order valence-electron chi connectivity index (χ3n) is 6.24. The van der Waals surface area contributed by atoms with E-state index in [2.05, 4.69) is 11.8 Å². The Bertz CT molecular complexity index is 1420. The Labute approximate surface area is 224 Å².